The molecule has 106 valence electrons. The zero-order chi connectivity index (χ0) is 13.9. The topological polar surface area (TPSA) is 55.8 Å². The van der Waals surface area contributed by atoms with Crippen LogP contribution in [0.15, 0.2) is 24.3 Å². The van der Waals surface area contributed by atoms with E-state index in [4.69, 9.17) is 9.99 Å². The summed E-state index contributed by atoms with van der Waals surface area (Å²) in [7, 11) is 0. The lowest BCUT2D eigenvalue weighted by atomic mass is 10.1. The molecule has 1 rings (SSSR count). The molecule has 4 heteroatoms. The lowest BCUT2D eigenvalue weighted by Crippen LogP contribution is -2.06. The van der Waals surface area contributed by atoms with Gasteiger partial charge in [-0.3, -0.25) is 4.89 Å². The Bertz CT molecular complexity index is 376. The Hall–Kier alpha value is -1.55. The molecule has 0 saturated heterocycles. The van der Waals surface area contributed by atoms with E-state index >= 15 is 0 Å². The monoisotopic (exact) mass is 266 g/mol. The Morgan fingerprint density at radius 3 is 2.53 bits per heavy atom. The minimum atomic E-state index is -0.793. The number of hydrogen-bond acceptors (Lipinski definition) is 4. The molecule has 0 aliphatic heterocycles. The number of unbranched alkanes of at least 4 members (excludes halogenated alkanes) is 5. The highest BCUT2D eigenvalue weighted by atomic mass is 17.1. The molecule has 0 aliphatic carbocycles. The van der Waals surface area contributed by atoms with Gasteiger partial charge in [0.05, 0.1) is 6.61 Å². The number of hydrogen-bond donors (Lipinski definition) is 1. The zero-order valence-electron chi connectivity index (χ0n) is 11.4. The van der Waals surface area contributed by atoms with Crippen LogP contribution in [0.4, 0.5) is 0 Å². The van der Waals surface area contributed by atoms with Crippen LogP contribution in [0.5, 0.6) is 5.75 Å². The Kier molecular flexibility index (Phi) is 7.66. The molecule has 1 N–H and O–H groups in total. The number of rotatable bonds is 9. The van der Waals surface area contributed by atoms with Crippen LogP contribution in [0.1, 0.15) is 55.8 Å². The smallest absolute Gasteiger partial charge is 0.376 e. The van der Waals surface area contributed by atoms with Gasteiger partial charge in [-0.1, -0.05) is 51.2 Å². The van der Waals surface area contributed by atoms with Crippen molar-refractivity contribution in [3.63, 3.8) is 0 Å². The molecule has 0 heterocycles. The fourth-order valence-corrected chi connectivity index (χ4v) is 1.87. The predicted molar refractivity (Wildman–Crippen MR) is 73.4 cm³/mol. The molecule has 1 aromatic carbocycles. The molecule has 19 heavy (non-hydrogen) atoms. The first-order valence-corrected chi connectivity index (χ1v) is 6.87. The fraction of sp³-hybridized carbons (Fsp3) is 0.533. The summed E-state index contributed by atoms with van der Waals surface area (Å²) < 4.78 is 5.55. The Morgan fingerprint density at radius 2 is 1.79 bits per heavy atom. The van der Waals surface area contributed by atoms with E-state index in [2.05, 4.69) is 11.8 Å². The summed E-state index contributed by atoms with van der Waals surface area (Å²) in [4.78, 5) is 15.0. The van der Waals surface area contributed by atoms with Gasteiger partial charge < -0.3 is 4.74 Å². The van der Waals surface area contributed by atoms with E-state index in [-0.39, 0.29) is 5.56 Å². The first-order valence-electron chi connectivity index (χ1n) is 6.87. The Labute approximate surface area is 114 Å². The van der Waals surface area contributed by atoms with Gasteiger partial charge in [-0.15, -0.1) is 0 Å². The lowest BCUT2D eigenvalue weighted by Gasteiger charge is -2.09. The van der Waals surface area contributed by atoms with E-state index in [1.807, 2.05) is 0 Å². The van der Waals surface area contributed by atoms with Crippen molar-refractivity contribution >= 4 is 5.97 Å². The highest BCUT2D eigenvalue weighted by Gasteiger charge is 2.13. The van der Waals surface area contributed by atoms with Crippen LogP contribution < -0.4 is 4.74 Å². The van der Waals surface area contributed by atoms with E-state index in [1.165, 1.54) is 25.7 Å². The number of para-hydroxylation sites is 1. The molecule has 1 aromatic rings. The van der Waals surface area contributed by atoms with Crippen LogP contribution in [0.25, 0.3) is 0 Å². The second-order valence-corrected chi connectivity index (χ2v) is 4.49. The van der Waals surface area contributed by atoms with Crippen LogP contribution in [0.2, 0.25) is 0 Å². The molecule has 0 aromatic heterocycles. The first-order chi connectivity index (χ1) is 9.29. The molecule has 0 radical (unpaired) electrons. The van der Waals surface area contributed by atoms with Gasteiger partial charge in [0.1, 0.15) is 11.3 Å². The maximum absolute atomic E-state index is 11.3. The third-order valence-electron chi connectivity index (χ3n) is 2.95. The maximum Gasteiger partial charge on any atom is 0.376 e. The van der Waals surface area contributed by atoms with Crippen LogP contribution >= 0.6 is 0 Å². The molecule has 0 fully saturated rings. The average Bonchev–Trinajstić information content (AvgIpc) is 2.46. The molecule has 0 spiro atoms. The van der Waals surface area contributed by atoms with Crippen molar-refractivity contribution in [2.45, 2.75) is 45.4 Å². The van der Waals surface area contributed by atoms with E-state index in [1.54, 1.807) is 24.3 Å². The molecule has 4 nitrogen and oxygen atoms in total. The third kappa shape index (κ3) is 5.75. The lowest BCUT2D eigenvalue weighted by molar-refractivity contribution is -0.183. The van der Waals surface area contributed by atoms with E-state index in [9.17, 15) is 4.79 Å². The van der Waals surface area contributed by atoms with Gasteiger partial charge in [0.25, 0.3) is 0 Å². The van der Waals surface area contributed by atoms with Crippen LogP contribution in [0.3, 0.4) is 0 Å². The summed E-state index contributed by atoms with van der Waals surface area (Å²) in [5.74, 6) is -0.339. The number of ether oxygens (including phenoxy) is 1. The highest BCUT2D eigenvalue weighted by molar-refractivity contribution is 5.91. The van der Waals surface area contributed by atoms with Gasteiger partial charge in [0.15, 0.2) is 0 Å². The minimum absolute atomic E-state index is 0.246. The van der Waals surface area contributed by atoms with Gasteiger partial charge >= 0.3 is 5.97 Å². The molecule has 0 unspecified atom stereocenters. The summed E-state index contributed by atoms with van der Waals surface area (Å²) in [6, 6.07) is 6.74. The quantitative estimate of drug-likeness (QED) is 0.416. The predicted octanol–water partition coefficient (Wildman–Crippen LogP) is 4.06. The molecular formula is C15H22O4. The van der Waals surface area contributed by atoms with E-state index in [0.29, 0.717) is 12.4 Å². The minimum Gasteiger partial charge on any atom is -0.493 e. The van der Waals surface area contributed by atoms with Gasteiger partial charge in [-0.2, -0.15) is 5.26 Å². The van der Waals surface area contributed by atoms with Gasteiger partial charge in [-0.05, 0) is 18.6 Å². The SMILES string of the molecule is CCCCCCCCOc1ccccc1C(=O)OO. The molecular weight excluding hydrogens is 244 g/mol. The van der Waals surface area contributed by atoms with Crippen molar-refractivity contribution in [2.24, 2.45) is 0 Å². The zero-order valence-corrected chi connectivity index (χ0v) is 11.4. The van der Waals surface area contributed by atoms with Gasteiger partial charge in [-0.25, -0.2) is 4.79 Å². The first kappa shape index (κ1) is 15.5. The van der Waals surface area contributed by atoms with E-state index < -0.39 is 5.97 Å². The maximum atomic E-state index is 11.3. The van der Waals surface area contributed by atoms with Gasteiger partial charge in [0.2, 0.25) is 0 Å². The number of benzene rings is 1. The molecule has 0 saturated carbocycles. The van der Waals surface area contributed by atoms with Crippen molar-refractivity contribution < 1.29 is 19.7 Å². The number of carbonyl (C=O) groups excluding carboxylic acids is 1. The summed E-state index contributed by atoms with van der Waals surface area (Å²) >= 11 is 0. The highest BCUT2D eigenvalue weighted by Crippen LogP contribution is 2.19. The van der Waals surface area contributed by atoms with Crippen molar-refractivity contribution in [2.75, 3.05) is 6.61 Å². The van der Waals surface area contributed by atoms with Crippen LogP contribution in [-0.4, -0.2) is 17.8 Å². The average molecular weight is 266 g/mol. The van der Waals surface area contributed by atoms with Crippen molar-refractivity contribution in [3.8, 4) is 5.75 Å². The second kappa shape index (κ2) is 9.39. The fourth-order valence-electron chi connectivity index (χ4n) is 1.87. The Balaban J connectivity index is 2.31. The van der Waals surface area contributed by atoms with Crippen LogP contribution in [0, 0.1) is 0 Å². The molecule has 0 atom stereocenters. The largest absolute Gasteiger partial charge is 0.493 e. The summed E-state index contributed by atoms with van der Waals surface area (Å²) in [6.45, 7) is 2.77. The van der Waals surface area contributed by atoms with Crippen LogP contribution in [-0.2, 0) is 4.89 Å². The molecule has 0 amide bonds. The third-order valence-corrected chi connectivity index (χ3v) is 2.95. The van der Waals surface area contributed by atoms with Gasteiger partial charge in [0, 0.05) is 0 Å². The normalized spacial score (nSPS) is 10.2. The van der Waals surface area contributed by atoms with Crippen molar-refractivity contribution in [1.82, 2.24) is 0 Å². The van der Waals surface area contributed by atoms with Crippen molar-refractivity contribution in [1.29, 1.82) is 0 Å². The Morgan fingerprint density at radius 1 is 1.11 bits per heavy atom. The molecule has 0 bridgehead atoms. The summed E-state index contributed by atoms with van der Waals surface area (Å²) in [5.41, 5.74) is 0.246. The van der Waals surface area contributed by atoms with E-state index in [0.717, 1.165) is 12.8 Å². The second-order valence-electron chi connectivity index (χ2n) is 4.49. The summed E-state index contributed by atoms with van der Waals surface area (Å²) in [6.07, 6.45) is 7.11. The number of carbonyl (C=O) groups is 1. The standard InChI is InChI=1S/C15H22O4/c1-2-3-4-5-6-9-12-18-14-11-8-7-10-13(14)15(16)19-17/h7-8,10-11,17H,2-6,9,12H2,1H3. The van der Waals surface area contributed by atoms with Crippen molar-refractivity contribution in [3.05, 3.63) is 29.8 Å². The summed E-state index contributed by atoms with van der Waals surface area (Å²) in [5, 5.41) is 8.40. The molecule has 0 aliphatic rings.